The number of aromatic nitrogens is 2. The van der Waals surface area contributed by atoms with Gasteiger partial charge in [-0.1, -0.05) is 0 Å². The molecule has 3 aromatic rings. The third-order valence-electron chi connectivity index (χ3n) is 6.38. The van der Waals surface area contributed by atoms with Crippen molar-refractivity contribution < 1.29 is 35.9 Å². The van der Waals surface area contributed by atoms with Crippen LogP contribution in [0, 0.1) is 23.4 Å². The van der Waals surface area contributed by atoms with Gasteiger partial charge in [0, 0.05) is 30.9 Å². The lowest BCUT2D eigenvalue weighted by Gasteiger charge is -2.22. The summed E-state index contributed by atoms with van der Waals surface area (Å²) in [5.74, 6) is -6.36. The number of carbonyl (C=O) groups is 2. The highest BCUT2D eigenvalue weighted by molar-refractivity contribution is 5.98. The van der Waals surface area contributed by atoms with Gasteiger partial charge in [-0.3, -0.25) is 19.1 Å². The molecule has 14 heteroatoms. The van der Waals surface area contributed by atoms with Crippen LogP contribution < -0.4 is 21.0 Å². The Morgan fingerprint density at radius 2 is 1.79 bits per heavy atom. The van der Waals surface area contributed by atoms with E-state index < -0.39 is 69.9 Å². The molecule has 38 heavy (non-hydrogen) atoms. The number of nitrogens with zero attached hydrogens (tertiary/aromatic N) is 3. The molecule has 1 saturated carbocycles. The number of rotatable bonds is 5. The molecule has 1 unspecified atom stereocenters. The summed E-state index contributed by atoms with van der Waals surface area (Å²) in [6, 6.07) is 0.121. The van der Waals surface area contributed by atoms with Crippen molar-refractivity contribution in [3.8, 4) is 5.69 Å². The van der Waals surface area contributed by atoms with Gasteiger partial charge in [-0.2, -0.15) is 13.2 Å². The molecule has 2 N–H and O–H groups in total. The Labute approximate surface area is 210 Å². The molecule has 3 heterocycles. The van der Waals surface area contributed by atoms with E-state index in [-0.39, 0.29) is 36.6 Å². The molecular formula is C24H19F6N5O3. The van der Waals surface area contributed by atoms with Gasteiger partial charge in [0.05, 0.1) is 5.39 Å². The number of fused-ring (bicyclic) bond motifs is 1. The number of nitrogens with one attached hydrogen (secondary N) is 2. The number of carbonyl (C=O) groups excluding carboxylic acids is 2. The van der Waals surface area contributed by atoms with Crippen molar-refractivity contribution in [2.45, 2.75) is 38.0 Å². The van der Waals surface area contributed by atoms with Crippen LogP contribution in [0.3, 0.4) is 0 Å². The van der Waals surface area contributed by atoms with Gasteiger partial charge in [0.15, 0.2) is 17.3 Å². The first-order chi connectivity index (χ1) is 17.8. The molecule has 2 atom stereocenters. The zero-order chi connectivity index (χ0) is 27.5. The number of alkyl halides is 3. The monoisotopic (exact) mass is 539 g/mol. The third-order valence-corrected chi connectivity index (χ3v) is 6.38. The van der Waals surface area contributed by atoms with Crippen molar-refractivity contribution in [3.63, 3.8) is 0 Å². The van der Waals surface area contributed by atoms with Crippen molar-refractivity contribution in [2.24, 2.45) is 5.92 Å². The van der Waals surface area contributed by atoms with E-state index in [2.05, 4.69) is 10.3 Å². The largest absolute Gasteiger partial charge is 0.408 e. The van der Waals surface area contributed by atoms with Crippen LogP contribution in [-0.2, 0) is 0 Å². The van der Waals surface area contributed by atoms with Crippen molar-refractivity contribution >= 4 is 28.8 Å². The number of anilines is 1. The van der Waals surface area contributed by atoms with Crippen LogP contribution >= 0.6 is 0 Å². The zero-order valence-corrected chi connectivity index (χ0v) is 19.6. The first-order valence-corrected chi connectivity index (χ1v) is 11.5. The summed E-state index contributed by atoms with van der Waals surface area (Å²) in [6.07, 6.45) is -3.67. The van der Waals surface area contributed by atoms with Gasteiger partial charge in [0.2, 0.25) is 5.43 Å². The van der Waals surface area contributed by atoms with E-state index in [0.29, 0.717) is 22.9 Å². The molecule has 0 spiro atoms. The van der Waals surface area contributed by atoms with E-state index in [1.807, 2.05) is 5.32 Å². The minimum Gasteiger partial charge on any atom is -0.340 e. The summed E-state index contributed by atoms with van der Waals surface area (Å²) in [5, 5.41) is 4.09. The van der Waals surface area contributed by atoms with Gasteiger partial charge in [-0.15, -0.1) is 0 Å². The highest BCUT2D eigenvalue weighted by Crippen LogP contribution is 2.40. The maximum Gasteiger partial charge on any atom is 0.408 e. The number of halogens is 6. The lowest BCUT2D eigenvalue weighted by molar-refractivity contribution is -0.158. The van der Waals surface area contributed by atoms with Gasteiger partial charge in [0.1, 0.15) is 28.9 Å². The lowest BCUT2D eigenvalue weighted by atomic mass is 10.1. The predicted octanol–water partition coefficient (Wildman–Crippen LogP) is 3.79. The lowest BCUT2D eigenvalue weighted by Crippen LogP contribution is -2.48. The van der Waals surface area contributed by atoms with Crippen LogP contribution in [0.25, 0.3) is 16.7 Å². The average Bonchev–Trinajstić information content (AvgIpc) is 3.59. The Morgan fingerprint density at radius 3 is 2.34 bits per heavy atom. The third kappa shape index (κ3) is 4.54. The fraction of sp³-hybridized carbons (Fsp3) is 0.333. The SMILES string of the molecule is C[C@@H]1CN(c2ccc3c(=O)c(C(=O)NC(C4CC4)C(F)(F)F)cn(-c4c(F)cc(F)cc4F)c3n2)C(=O)N1. The first kappa shape index (κ1) is 25.5. The second-order valence-corrected chi connectivity index (χ2v) is 9.29. The minimum absolute atomic E-state index is 0.00139. The Balaban J connectivity index is 1.70. The van der Waals surface area contributed by atoms with Gasteiger partial charge in [0.25, 0.3) is 5.91 Å². The van der Waals surface area contributed by atoms with Crippen molar-refractivity contribution in [2.75, 3.05) is 11.4 Å². The molecule has 1 saturated heterocycles. The minimum atomic E-state index is -4.79. The quantitative estimate of drug-likeness (QED) is 0.483. The van der Waals surface area contributed by atoms with Gasteiger partial charge in [-0.05, 0) is 37.8 Å². The Bertz CT molecular complexity index is 1510. The molecule has 1 aliphatic heterocycles. The van der Waals surface area contributed by atoms with E-state index in [1.165, 1.54) is 11.0 Å². The molecule has 2 fully saturated rings. The summed E-state index contributed by atoms with van der Waals surface area (Å²) < 4.78 is 84.4. The number of urea groups is 1. The van der Waals surface area contributed by atoms with Crippen LogP contribution in [0.2, 0.25) is 0 Å². The number of hydrogen-bond acceptors (Lipinski definition) is 4. The molecule has 0 bridgehead atoms. The van der Waals surface area contributed by atoms with E-state index in [4.69, 9.17) is 0 Å². The molecule has 1 aromatic carbocycles. The fourth-order valence-corrected chi connectivity index (χ4v) is 4.44. The van der Waals surface area contributed by atoms with Gasteiger partial charge in [-0.25, -0.2) is 22.9 Å². The Morgan fingerprint density at radius 1 is 1.13 bits per heavy atom. The summed E-state index contributed by atoms with van der Waals surface area (Å²) in [7, 11) is 0. The topological polar surface area (TPSA) is 96.3 Å². The number of hydrogen-bond donors (Lipinski definition) is 2. The summed E-state index contributed by atoms with van der Waals surface area (Å²) in [4.78, 5) is 43.8. The molecule has 1 aliphatic carbocycles. The maximum atomic E-state index is 14.8. The van der Waals surface area contributed by atoms with Crippen LogP contribution in [0.1, 0.15) is 30.1 Å². The van der Waals surface area contributed by atoms with Crippen LogP contribution in [0.5, 0.6) is 0 Å². The second kappa shape index (κ2) is 9.03. The normalized spacial score (nSPS) is 18.6. The number of benzene rings is 1. The Hall–Kier alpha value is -4.10. The molecular weight excluding hydrogens is 520 g/mol. The standard InChI is InChI=1S/C24H19F6N5O3/c1-10-8-34(23(38)31-10)17-5-4-13-19(36)14(22(37)33-20(11-2-3-11)24(28,29)30)9-35(21(13)32-17)18-15(26)6-12(25)7-16(18)27/h4-7,9-11,20H,2-3,8H2,1H3,(H,31,38)(H,33,37)/t10-,20?/m1/s1. The van der Waals surface area contributed by atoms with E-state index in [9.17, 15) is 40.7 Å². The molecule has 200 valence electrons. The predicted molar refractivity (Wildman–Crippen MR) is 123 cm³/mol. The molecule has 5 rings (SSSR count). The summed E-state index contributed by atoms with van der Waals surface area (Å²) in [6.45, 7) is 1.90. The van der Waals surface area contributed by atoms with Gasteiger partial charge >= 0.3 is 12.2 Å². The summed E-state index contributed by atoms with van der Waals surface area (Å²) in [5.41, 5.74) is -3.22. The fourth-order valence-electron chi connectivity index (χ4n) is 4.44. The molecule has 2 aromatic heterocycles. The molecule has 8 nitrogen and oxygen atoms in total. The van der Waals surface area contributed by atoms with E-state index >= 15 is 0 Å². The smallest absolute Gasteiger partial charge is 0.340 e. The van der Waals surface area contributed by atoms with Crippen LogP contribution in [-0.4, -0.2) is 46.3 Å². The highest BCUT2D eigenvalue weighted by Gasteiger charge is 2.50. The van der Waals surface area contributed by atoms with Gasteiger partial charge < -0.3 is 10.6 Å². The number of pyridine rings is 2. The van der Waals surface area contributed by atoms with Crippen LogP contribution in [0.4, 0.5) is 37.0 Å². The van der Waals surface area contributed by atoms with E-state index in [0.717, 1.165) is 6.07 Å². The van der Waals surface area contributed by atoms with Crippen molar-refractivity contribution in [1.29, 1.82) is 0 Å². The van der Waals surface area contributed by atoms with E-state index in [1.54, 1.807) is 6.92 Å². The second-order valence-electron chi connectivity index (χ2n) is 9.29. The molecule has 3 amide bonds. The zero-order valence-electron chi connectivity index (χ0n) is 19.6. The van der Waals surface area contributed by atoms with Crippen molar-refractivity contribution in [3.05, 3.63) is 63.7 Å². The maximum absolute atomic E-state index is 14.8. The van der Waals surface area contributed by atoms with Crippen molar-refractivity contribution in [1.82, 2.24) is 20.2 Å². The highest BCUT2D eigenvalue weighted by atomic mass is 19.4. The number of amides is 3. The Kier molecular flexibility index (Phi) is 6.07. The summed E-state index contributed by atoms with van der Waals surface area (Å²) >= 11 is 0. The molecule has 0 radical (unpaired) electrons. The average molecular weight is 539 g/mol. The first-order valence-electron chi connectivity index (χ1n) is 11.5. The molecule has 2 aliphatic rings. The van der Waals surface area contributed by atoms with Crippen LogP contribution in [0.15, 0.2) is 35.3 Å².